The second-order valence-corrected chi connectivity index (χ2v) is 2.07. The van der Waals surface area contributed by atoms with E-state index in [1.54, 1.807) is 0 Å². The van der Waals surface area contributed by atoms with E-state index in [1.165, 1.54) is 0 Å². The average Bonchev–Trinajstić information content (AvgIpc) is 1.79. The van der Waals surface area contributed by atoms with Crippen molar-refractivity contribution in [1.29, 1.82) is 0 Å². The molecule has 0 radical (unpaired) electrons. The Morgan fingerprint density at radius 1 is 1.70 bits per heavy atom. The Labute approximate surface area is 57.8 Å². The first kappa shape index (κ1) is 9.45. The number of carboxylic acid groups (broad SMARTS) is 1. The first-order valence-corrected chi connectivity index (χ1v) is 3.47. The van der Waals surface area contributed by atoms with Crippen LogP contribution in [0.5, 0.6) is 0 Å². The minimum absolute atomic E-state index is 0.238. The summed E-state index contributed by atoms with van der Waals surface area (Å²) < 4.78 is 13.9. The van der Waals surface area contributed by atoms with Crippen LogP contribution in [0.3, 0.4) is 0 Å². The summed E-state index contributed by atoms with van der Waals surface area (Å²) in [4.78, 5) is 17.8. The molecule has 1 atom stereocenters. The maximum Gasteiger partial charge on any atom is 0.696 e. The molecule has 0 bridgehead atoms. The summed E-state index contributed by atoms with van der Waals surface area (Å²) in [5, 5.41) is 10.3. The van der Waals surface area contributed by atoms with Crippen molar-refractivity contribution in [3.8, 4) is 0 Å². The standard InChI is InChI=1S/C3H6NO5P/c5-3(6)1-4-2-9-10(7)8/h4H,1-2H2,(H-,5,6,7,8)/p+1. The van der Waals surface area contributed by atoms with Crippen LogP contribution < -0.4 is 5.32 Å². The third kappa shape index (κ3) is 7.45. The molecule has 0 amide bonds. The molecule has 3 N–H and O–H groups in total. The topological polar surface area (TPSA) is 95.9 Å². The molecule has 0 heterocycles. The molecule has 58 valence electrons. The van der Waals surface area contributed by atoms with Crippen LogP contribution in [0.2, 0.25) is 0 Å². The minimum Gasteiger partial charge on any atom is -0.480 e. The molecule has 0 fully saturated rings. The molecule has 0 aromatic rings. The summed E-state index contributed by atoms with van der Waals surface area (Å²) >= 11 is 0. The van der Waals surface area contributed by atoms with E-state index in [4.69, 9.17) is 10.00 Å². The van der Waals surface area contributed by atoms with Crippen molar-refractivity contribution in [3.05, 3.63) is 0 Å². The molecule has 7 heteroatoms. The Balaban J connectivity index is 3.06. The summed E-state index contributed by atoms with van der Waals surface area (Å²) in [7, 11) is -2.64. The second-order valence-electron chi connectivity index (χ2n) is 1.33. The summed E-state index contributed by atoms with van der Waals surface area (Å²) in [6.45, 7) is -0.527. The highest BCUT2D eigenvalue weighted by Crippen LogP contribution is 2.11. The molecule has 1 unspecified atom stereocenters. The maximum absolute atomic E-state index is 9.79. The highest BCUT2D eigenvalue weighted by molar-refractivity contribution is 7.32. The molecular weight excluding hydrogens is 161 g/mol. The van der Waals surface area contributed by atoms with Crippen LogP contribution in [0.25, 0.3) is 0 Å². The first-order chi connectivity index (χ1) is 4.63. The van der Waals surface area contributed by atoms with Gasteiger partial charge in [-0.2, -0.15) is 0 Å². The van der Waals surface area contributed by atoms with Crippen LogP contribution in [-0.4, -0.2) is 29.2 Å². The van der Waals surface area contributed by atoms with Crippen LogP contribution in [0.15, 0.2) is 0 Å². The van der Waals surface area contributed by atoms with Crippen LogP contribution in [0.4, 0.5) is 0 Å². The number of rotatable bonds is 5. The Morgan fingerprint density at radius 3 is 2.70 bits per heavy atom. The summed E-state index contributed by atoms with van der Waals surface area (Å²) in [5.74, 6) is -1.04. The predicted molar refractivity (Wildman–Crippen MR) is 31.4 cm³/mol. The van der Waals surface area contributed by atoms with Gasteiger partial charge in [0.1, 0.15) is 0 Å². The average molecular weight is 168 g/mol. The molecule has 0 saturated carbocycles. The van der Waals surface area contributed by atoms with E-state index in [1.807, 2.05) is 0 Å². The van der Waals surface area contributed by atoms with Crippen molar-refractivity contribution >= 4 is 14.2 Å². The van der Waals surface area contributed by atoms with Gasteiger partial charge in [-0.1, -0.05) is 0 Å². The Hall–Kier alpha value is -0.550. The molecule has 0 aliphatic rings. The quantitative estimate of drug-likeness (QED) is 0.285. The Bertz CT molecular complexity index is 121. The van der Waals surface area contributed by atoms with E-state index >= 15 is 0 Å². The van der Waals surface area contributed by atoms with Gasteiger partial charge in [0, 0.05) is 4.57 Å². The van der Waals surface area contributed by atoms with E-state index in [9.17, 15) is 9.36 Å². The molecular formula is C3H7NO5P+. The van der Waals surface area contributed by atoms with E-state index in [-0.39, 0.29) is 13.3 Å². The lowest BCUT2D eigenvalue weighted by atomic mass is 10.7. The van der Waals surface area contributed by atoms with Crippen LogP contribution in [-0.2, 0) is 13.9 Å². The highest BCUT2D eigenvalue weighted by atomic mass is 31.1. The van der Waals surface area contributed by atoms with E-state index in [2.05, 4.69) is 9.84 Å². The summed E-state index contributed by atoms with van der Waals surface area (Å²) in [6.07, 6.45) is 0. The van der Waals surface area contributed by atoms with Gasteiger partial charge in [-0.05, 0) is 0 Å². The number of aliphatic carboxylic acids is 1. The lowest BCUT2D eigenvalue weighted by molar-refractivity contribution is -0.136. The van der Waals surface area contributed by atoms with Crippen LogP contribution in [0.1, 0.15) is 0 Å². The van der Waals surface area contributed by atoms with Gasteiger partial charge in [0.2, 0.25) is 0 Å². The van der Waals surface area contributed by atoms with Gasteiger partial charge < -0.3 is 5.11 Å². The zero-order chi connectivity index (χ0) is 7.98. The van der Waals surface area contributed by atoms with Crippen LogP contribution >= 0.6 is 8.25 Å². The minimum atomic E-state index is -2.64. The van der Waals surface area contributed by atoms with Gasteiger partial charge in [0.05, 0.1) is 6.54 Å². The third-order valence-electron chi connectivity index (χ3n) is 0.553. The zero-order valence-corrected chi connectivity index (χ0v) is 5.88. The Kier molecular flexibility index (Phi) is 4.96. The normalized spacial score (nSPS) is 11.1. The molecule has 0 spiro atoms. The molecule has 0 aromatic carbocycles. The molecule has 10 heavy (non-hydrogen) atoms. The molecule has 0 aliphatic heterocycles. The third-order valence-corrected chi connectivity index (χ3v) is 0.903. The lowest BCUT2D eigenvalue weighted by Crippen LogP contribution is -2.23. The predicted octanol–water partition coefficient (Wildman–Crippen LogP) is -0.716. The van der Waals surface area contributed by atoms with Gasteiger partial charge in [-0.25, -0.2) is 0 Å². The summed E-state index contributed by atoms with van der Waals surface area (Å²) in [5.41, 5.74) is 0. The van der Waals surface area contributed by atoms with Crippen LogP contribution in [0, 0.1) is 0 Å². The molecule has 0 aliphatic carbocycles. The summed E-state index contributed by atoms with van der Waals surface area (Å²) in [6, 6.07) is 0. The van der Waals surface area contributed by atoms with Gasteiger partial charge >= 0.3 is 14.2 Å². The van der Waals surface area contributed by atoms with Crippen molar-refractivity contribution in [1.82, 2.24) is 5.32 Å². The van der Waals surface area contributed by atoms with Gasteiger partial charge in [-0.3, -0.25) is 10.1 Å². The van der Waals surface area contributed by atoms with E-state index < -0.39 is 14.2 Å². The van der Waals surface area contributed by atoms with Gasteiger partial charge in [-0.15, -0.1) is 9.42 Å². The Morgan fingerprint density at radius 2 is 2.30 bits per heavy atom. The maximum atomic E-state index is 9.79. The molecule has 0 rings (SSSR count). The largest absolute Gasteiger partial charge is 0.696 e. The zero-order valence-electron chi connectivity index (χ0n) is 4.98. The van der Waals surface area contributed by atoms with Crippen molar-refractivity contribution in [2.45, 2.75) is 0 Å². The second kappa shape index (κ2) is 5.25. The SMILES string of the molecule is O=C(O)CNCO[P+](=O)O. The van der Waals surface area contributed by atoms with Crippen molar-refractivity contribution in [2.24, 2.45) is 0 Å². The number of carboxylic acids is 1. The monoisotopic (exact) mass is 168 g/mol. The molecule has 6 nitrogen and oxygen atoms in total. The van der Waals surface area contributed by atoms with E-state index in [0.29, 0.717) is 0 Å². The fourth-order valence-electron chi connectivity index (χ4n) is 0.259. The highest BCUT2D eigenvalue weighted by Gasteiger charge is 2.10. The lowest BCUT2D eigenvalue weighted by Gasteiger charge is -1.91. The number of carbonyl (C=O) groups is 1. The van der Waals surface area contributed by atoms with Gasteiger partial charge in [0.15, 0.2) is 6.73 Å². The number of hydrogen-bond donors (Lipinski definition) is 3. The fourth-order valence-corrected chi connectivity index (χ4v) is 0.461. The first-order valence-electron chi connectivity index (χ1n) is 2.34. The molecule has 0 saturated heterocycles. The van der Waals surface area contributed by atoms with E-state index in [0.717, 1.165) is 0 Å². The smallest absolute Gasteiger partial charge is 0.480 e. The van der Waals surface area contributed by atoms with Crippen molar-refractivity contribution in [3.63, 3.8) is 0 Å². The number of nitrogens with one attached hydrogen (secondary N) is 1. The molecule has 0 aromatic heterocycles. The fraction of sp³-hybridized carbons (Fsp3) is 0.667. The van der Waals surface area contributed by atoms with Crippen molar-refractivity contribution < 1.29 is 23.9 Å². The van der Waals surface area contributed by atoms with Gasteiger partial charge in [0.25, 0.3) is 0 Å². The van der Waals surface area contributed by atoms with Crippen molar-refractivity contribution in [2.75, 3.05) is 13.3 Å². The number of hydrogen-bond acceptors (Lipinski definition) is 4.